The number of hydrogen-bond donors (Lipinski definition) is 1. The van der Waals surface area contributed by atoms with Gasteiger partial charge < -0.3 is 9.84 Å². The molecule has 0 amide bonds. The Morgan fingerprint density at radius 3 is 2.90 bits per heavy atom. The largest absolute Gasteiger partial charge is 0.506 e. The molecule has 0 saturated heterocycles. The highest BCUT2D eigenvalue weighted by molar-refractivity contribution is 9.10. The van der Waals surface area contributed by atoms with Gasteiger partial charge in [-0.2, -0.15) is 0 Å². The Morgan fingerprint density at radius 2 is 2.19 bits per heavy atom. The highest BCUT2D eigenvalue weighted by atomic mass is 79.9. The van der Waals surface area contributed by atoms with Crippen molar-refractivity contribution in [1.29, 1.82) is 0 Å². The van der Waals surface area contributed by atoms with E-state index in [4.69, 9.17) is 4.74 Å². The number of hydrogen-bond acceptors (Lipinski definition) is 5. The Labute approximate surface area is 128 Å². The number of aliphatic imine (C=N–C) groups is 1. The van der Waals surface area contributed by atoms with Gasteiger partial charge in [0.1, 0.15) is 17.2 Å². The lowest BCUT2D eigenvalue weighted by molar-refractivity contribution is 0.404. The van der Waals surface area contributed by atoms with E-state index in [1.54, 1.807) is 29.0 Å². The number of nitrogens with zero attached hydrogens (tertiary/aromatic N) is 4. The minimum Gasteiger partial charge on any atom is -0.506 e. The van der Waals surface area contributed by atoms with E-state index in [1.807, 2.05) is 0 Å². The van der Waals surface area contributed by atoms with Crippen LogP contribution in [0.2, 0.25) is 0 Å². The molecule has 1 aromatic carbocycles. The molecule has 7 heteroatoms. The van der Waals surface area contributed by atoms with Gasteiger partial charge in [0.05, 0.1) is 18.9 Å². The van der Waals surface area contributed by atoms with Crippen molar-refractivity contribution in [2.45, 2.75) is 0 Å². The predicted octanol–water partition coefficient (Wildman–Crippen LogP) is 2.48. The molecule has 1 aliphatic rings. The van der Waals surface area contributed by atoms with Crippen molar-refractivity contribution in [3.63, 3.8) is 0 Å². The Morgan fingerprint density at radius 1 is 1.33 bits per heavy atom. The highest BCUT2D eigenvalue weighted by Gasteiger charge is 2.21. The van der Waals surface area contributed by atoms with Crippen LogP contribution in [0.25, 0.3) is 11.3 Å². The Hall–Kier alpha value is -2.59. The van der Waals surface area contributed by atoms with Crippen molar-refractivity contribution in [3.05, 3.63) is 46.4 Å². The summed E-state index contributed by atoms with van der Waals surface area (Å²) in [7, 11) is 1.53. The first-order chi connectivity index (χ1) is 10.2. The molecule has 2 aromatic rings. The van der Waals surface area contributed by atoms with Crippen LogP contribution in [0.5, 0.6) is 11.5 Å². The average molecular weight is 345 g/mol. The zero-order valence-electron chi connectivity index (χ0n) is 10.9. The summed E-state index contributed by atoms with van der Waals surface area (Å²) in [6.07, 6.45) is 3.09. The number of phenols is 1. The molecule has 0 aliphatic carbocycles. The van der Waals surface area contributed by atoms with Gasteiger partial charge in [0, 0.05) is 6.21 Å². The minimum absolute atomic E-state index is 0.0453. The van der Waals surface area contributed by atoms with E-state index in [-0.39, 0.29) is 5.75 Å². The lowest BCUT2D eigenvalue weighted by atomic mass is 10.2. The molecule has 0 fully saturated rings. The van der Waals surface area contributed by atoms with Crippen molar-refractivity contribution in [3.8, 4) is 17.2 Å². The van der Waals surface area contributed by atoms with Gasteiger partial charge in [0.2, 0.25) is 4.73 Å². The van der Waals surface area contributed by atoms with E-state index >= 15 is 0 Å². The van der Waals surface area contributed by atoms with Crippen LogP contribution < -0.4 is 4.74 Å². The lowest BCUT2D eigenvalue weighted by Crippen LogP contribution is -2.04. The van der Waals surface area contributed by atoms with Gasteiger partial charge in [-0.1, -0.05) is 11.8 Å². The van der Waals surface area contributed by atoms with Gasteiger partial charge in [0.15, 0.2) is 5.82 Å². The third kappa shape index (κ3) is 2.30. The molecule has 0 bridgehead atoms. The number of allylic oxidation sites excluding steroid dienone is 1. The molecule has 21 heavy (non-hydrogen) atoms. The summed E-state index contributed by atoms with van der Waals surface area (Å²) in [6.45, 7) is 0. The molecule has 6 nitrogen and oxygen atoms in total. The fourth-order valence-electron chi connectivity index (χ4n) is 1.94. The highest BCUT2D eigenvalue weighted by Crippen LogP contribution is 2.35. The zero-order chi connectivity index (χ0) is 14.8. The average Bonchev–Trinajstić information content (AvgIpc) is 2.89. The smallest absolute Gasteiger partial charge is 0.205 e. The van der Waals surface area contributed by atoms with Crippen molar-refractivity contribution in [2.75, 3.05) is 7.11 Å². The summed E-state index contributed by atoms with van der Waals surface area (Å²) < 4.78 is 7.35. The molecule has 1 aliphatic heterocycles. The number of aromatic nitrogens is 3. The van der Waals surface area contributed by atoms with Crippen LogP contribution in [0.3, 0.4) is 0 Å². The number of methoxy groups -OCH3 is 1. The molecule has 0 atom stereocenters. The molecule has 0 unspecified atom stereocenters. The molecule has 1 N–H and O–H groups in total. The Balaban J connectivity index is 2.30. The number of rotatable bonds is 3. The van der Waals surface area contributed by atoms with Gasteiger partial charge >= 0.3 is 0 Å². The number of halogens is 1. The van der Waals surface area contributed by atoms with Crippen LogP contribution >= 0.6 is 15.9 Å². The van der Waals surface area contributed by atoms with Crippen LogP contribution in [-0.2, 0) is 0 Å². The standard InChI is InChI=1S/C14H9BrN4O2/c1-21-11-6-2-5-10(20)12(11)19-13(17-18-14(19)15)9-4-3-7-16-8-9/h2,5-8,20H,1H3. The molecule has 104 valence electrons. The summed E-state index contributed by atoms with van der Waals surface area (Å²) in [5.74, 6) is 1.000. The van der Waals surface area contributed by atoms with Crippen LogP contribution in [0, 0.1) is 0 Å². The number of benzene rings is 1. The monoisotopic (exact) mass is 344 g/mol. The first kappa shape index (κ1) is 13.4. The third-order valence-corrected chi connectivity index (χ3v) is 3.35. The maximum Gasteiger partial charge on any atom is 0.205 e. The normalized spacial score (nSPS) is 12.6. The molecular formula is C14H9BrN4O2. The van der Waals surface area contributed by atoms with E-state index in [0.717, 1.165) is 0 Å². The first-order valence-electron chi connectivity index (χ1n) is 5.93. The fourth-order valence-corrected chi connectivity index (χ4v) is 2.37. The van der Waals surface area contributed by atoms with Gasteiger partial charge in [0.25, 0.3) is 0 Å². The summed E-state index contributed by atoms with van der Waals surface area (Å²) in [4.78, 5) is 3.99. The molecular weight excluding hydrogens is 336 g/mol. The summed E-state index contributed by atoms with van der Waals surface area (Å²) in [5.41, 5.74) is 6.71. The summed E-state index contributed by atoms with van der Waals surface area (Å²) in [6, 6.07) is 5.00. The number of ether oxygens (including phenoxy) is 1. The number of phenolic OH excluding ortho intramolecular Hbond substituents is 1. The van der Waals surface area contributed by atoms with E-state index in [2.05, 4.69) is 42.6 Å². The van der Waals surface area contributed by atoms with Crippen LogP contribution in [0.15, 0.2) is 45.6 Å². The summed E-state index contributed by atoms with van der Waals surface area (Å²) in [5, 5.41) is 18.3. The Bertz CT molecular complexity index is 841. The molecule has 0 radical (unpaired) electrons. The Kier molecular flexibility index (Phi) is 3.46. The second kappa shape index (κ2) is 5.42. The van der Waals surface area contributed by atoms with Gasteiger partial charge in [-0.25, -0.2) is 0 Å². The third-order valence-electron chi connectivity index (χ3n) is 2.84. The number of para-hydroxylation sites is 1. The topological polar surface area (TPSA) is 72.5 Å². The molecule has 3 rings (SSSR count). The second-order valence-corrected chi connectivity index (χ2v) is 4.76. The number of aromatic hydroxyl groups is 1. The lowest BCUT2D eigenvalue weighted by Gasteiger charge is -2.13. The van der Waals surface area contributed by atoms with Crippen LogP contribution in [0.4, 0.5) is 0 Å². The minimum atomic E-state index is 0.0453. The maximum atomic E-state index is 10.2. The van der Waals surface area contributed by atoms with E-state index in [0.29, 0.717) is 27.6 Å². The van der Waals surface area contributed by atoms with Gasteiger partial charge in [-0.3, -0.25) is 9.56 Å². The van der Waals surface area contributed by atoms with Crippen molar-refractivity contribution < 1.29 is 9.84 Å². The quantitative estimate of drug-likeness (QED) is 0.868. The zero-order valence-corrected chi connectivity index (χ0v) is 12.5. The maximum absolute atomic E-state index is 10.2. The van der Waals surface area contributed by atoms with E-state index in [9.17, 15) is 5.11 Å². The van der Waals surface area contributed by atoms with Crippen molar-refractivity contribution in [2.24, 2.45) is 4.99 Å². The van der Waals surface area contributed by atoms with Crippen LogP contribution in [0.1, 0.15) is 5.82 Å². The summed E-state index contributed by atoms with van der Waals surface area (Å²) >= 11 is 3.33. The molecule has 1 aromatic heterocycles. The molecule has 2 heterocycles. The molecule has 0 saturated carbocycles. The molecule has 0 spiro atoms. The fraction of sp³-hybridized carbons (Fsp3) is 0.0714. The van der Waals surface area contributed by atoms with Gasteiger partial charge in [-0.05, 0) is 33.8 Å². The van der Waals surface area contributed by atoms with Crippen LogP contribution in [-0.4, -0.2) is 33.2 Å². The van der Waals surface area contributed by atoms with E-state index < -0.39 is 0 Å². The SMILES string of the molecule is COc1cccc(O)c1-n1c(Br)nnc1C1=C=C=CN=C1. The van der Waals surface area contributed by atoms with Gasteiger partial charge in [-0.15, -0.1) is 10.2 Å². The predicted molar refractivity (Wildman–Crippen MR) is 80.8 cm³/mol. The first-order valence-corrected chi connectivity index (χ1v) is 6.72. The van der Waals surface area contributed by atoms with E-state index in [1.165, 1.54) is 13.3 Å². The second-order valence-electron chi connectivity index (χ2n) is 4.05. The van der Waals surface area contributed by atoms with Crippen molar-refractivity contribution >= 4 is 27.7 Å². The van der Waals surface area contributed by atoms with Crippen molar-refractivity contribution in [1.82, 2.24) is 14.8 Å².